The van der Waals surface area contributed by atoms with E-state index >= 15 is 0 Å². The maximum Gasteiger partial charge on any atom is 0.119 e. The first-order valence-corrected chi connectivity index (χ1v) is 7.01. The van der Waals surface area contributed by atoms with Crippen LogP contribution in [-0.4, -0.2) is 5.11 Å². The number of aromatic hydroxyl groups is 1. The average Bonchev–Trinajstić information content (AvgIpc) is 2.55. The van der Waals surface area contributed by atoms with Crippen molar-refractivity contribution in [2.45, 2.75) is 39.0 Å². The van der Waals surface area contributed by atoms with Crippen LogP contribution in [0.2, 0.25) is 0 Å². The van der Waals surface area contributed by atoms with E-state index in [1.165, 1.54) is 12.0 Å². The van der Waals surface area contributed by atoms with Crippen molar-refractivity contribution in [2.75, 3.05) is 0 Å². The summed E-state index contributed by atoms with van der Waals surface area (Å²) in [4.78, 5) is 2.05. The molecule has 2 atom stereocenters. The van der Waals surface area contributed by atoms with Crippen molar-refractivity contribution in [3.8, 4) is 5.75 Å². The zero-order valence-corrected chi connectivity index (χ0v) is 12.2. The van der Waals surface area contributed by atoms with Gasteiger partial charge in [-0.3, -0.25) is 0 Å². The second-order valence-electron chi connectivity index (χ2n) is 5.36. The van der Waals surface area contributed by atoms with Gasteiger partial charge in [-0.15, -0.1) is 0 Å². The minimum atomic E-state index is -0.0271. The maximum absolute atomic E-state index is 10.2. The van der Waals surface area contributed by atoms with Crippen LogP contribution in [0.15, 0.2) is 28.8 Å². The van der Waals surface area contributed by atoms with Crippen LogP contribution < -0.4 is 0 Å². The van der Waals surface area contributed by atoms with Crippen molar-refractivity contribution >= 4 is 15.9 Å². The molecule has 1 saturated carbocycles. The summed E-state index contributed by atoms with van der Waals surface area (Å²) in [5.74, 6) is 1.01. The van der Waals surface area contributed by atoms with Crippen molar-refractivity contribution in [3.05, 3.63) is 39.9 Å². The summed E-state index contributed by atoms with van der Waals surface area (Å²) in [7, 11) is 0. The molecule has 1 fully saturated rings. The standard InChI is InChI=1S/C15H19BrO/c1-10-4-5-12(14(17)8-10)15(3)7-6-11(2)13(15)9-16/h4-5,8-9,11,17H,6-7H2,1-3H3/t11-,15-/m1/s1. The molecular formula is C15H19BrO. The number of hydrogen-bond donors (Lipinski definition) is 1. The number of phenolic OH excluding ortho intramolecular Hbond substituents is 1. The second-order valence-corrected chi connectivity index (χ2v) is 5.81. The highest BCUT2D eigenvalue weighted by molar-refractivity contribution is 9.11. The summed E-state index contributed by atoms with van der Waals surface area (Å²) in [6.45, 7) is 6.49. The van der Waals surface area contributed by atoms with E-state index < -0.39 is 0 Å². The topological polar surface area (TPSA) is 20.2 Å². The zero-order chi connectivity index (χ0) is 12.6. The lowest BCUT2D eigenvalue weighted by molar-refractivity contribution is 0.445. The van der Waals surface area contributed by atoms with Gasteiger partial charge in [-0.25, -0.2) is 0 Å². The highest BCUT2D eigenvalue weighted by atomic mass is 79.9. The Hall–Kier alpha value is -0.760. The van der Waals surface area contributed by atoms with E-state index in [9.17, 15) is 5.11 Å². The first-order chi connectivity index (χ1) is 7.99. The summed E-state index contributed by atoms with van der Waals surface area (Å²) >= 11 is 3.48. The third kappa shape index (κ3) is 2.03. The van der Waals surface area contributed by atoms with Crippen LogP contribution in [0.25, 0.3) is 0 Å². The van der Waals surface area contributed by atoms with Gasteiger partial charge in [-0.1, -0.05) is 47.5 Å². The lowest BCUT2D eigenvalue weighted by atomic mass is 9.76. The molecule has 0 bridgehead atoms. The third-order valence-electron chi connectivity index (χ3n) is 4.11. The van der Waals surface area contributed by atoms with E-state index in [2.05, 4.69) is 41.9 Å². The molecule has 92 valence electrons. The number of phenols is 1. The number of halogens is 1. The molecule has 1 aromatic rings. The summed E-state index contributed by atoms with van der Waals surface area (Å²) in [6.07, 6.45) is 2.28. The number of rotatable bonds is 1. The number of allylic oxidation sites excluding steroid dienone is 1. The highest BCUT2D eigenvalue weighted by Gasteiger charge is 2.40. The highest BCUT2D eigenvalue weighted by Crippen LogP contribution is 2.50. The molecule has 0 radical (unpaired) electrons. The number of benzene rings is 1. The normalized spacial score (nSPS) is 31.1. The van der Waals surface area contributed by atoms with Gasteiger partial charge in [0.2, 0.25) is 0 Å². The minimum absolute atomic E-state index is 0.0271. The molecule has 0 unspecified atom stereocenters. The molecule has 1 N–H and O–H groups in total. The Morgan fingerprint density at radius 1 is 1.47 bits per heavy atom. The van der Waals surface area contributed by atoms with Gasteiger partial charge in [-0.05, 0) is 42.3 Å². The Labute approximate surface area is 112 Å². The summed E-state index contributed by atoms with van der Waals surface area (Å²) in [6, 6.07) is 6.00. The molecular weight excluding hydrogens is 276 g/mol. The van der Waals surface area contributed by atoms with Gasteiger partial charge in [0, 0.05) is 11.0 Å². The van der Waals surface area contributed by atoms with Crippen LogP contribution in [0.3, 0.4) is 0 Å². The first kappa shape index (κ1) is 12.7. The van der Waals surface area contributed by atoms with Crippen molar-refractivity contribution in [3.63, 3.8) is 0 Å². The Kier molecular flexibility index (Phi) is 3.35. The molecule has 0 amide bonds. The van der Waals surface area contributed by atoms with Crippen molar-refractivity contribution in [1.82, 2.24) is 0 Å². The van der Waals surface area contributed by atoms with E-state index in [0.29, 0.717) is 11.7 Å². The Morgan fingerprint density at radius 3 is 2.76 bits per heavy atom. The van der Waals surface area contributed by atoms with E-state index in [4.69, 9.17) is 0 Å². The van der Waals surface area contributed by atoms with Gasteiger partial charge in [0.05, 0.1) is 0 Å². The van der Waals surface area contributed by atoms with E-state index in [0.717, 1.165) is 17.5 Å². The fourth-order valence-corrected chi connectivity index (χ4v) is 3.93. The van der Waals surface area contributed by atoms with Gasteiger partial charge in [0.1, 0.15) is 5.75 Å². The quantitative estimate of drug-likeness (QED) is 0.798. The molecule has 0 aliphatic heterocycles. The molecule has 2 rings (SSSR count). The maximum atomic E-state index is 10.2. The SMILES string of the molecule is Cc1ccc([C@@]2(C)CC[C@@H](C)C2=CBr)c(O)c1. The van der Waals surface area contributed by atoms with Crippen LogP contribution in [-0.2, 0) is 5.41 Å². The van der Waals surface area contributed by atoms with E-state index in [1.54, 1.807) is 0 Å². The fraction of sp³-hybridized carbons (Fsp3) is 0.467. The average molecular weight is 295 g/mol. The molecule has 0 saturated heterocycles. The molecule has 17 heavy (non-hydrogen) atoms. The first-order valence-electron chi connectivity index (χ1n) is 6.10. The van der Waals surface area contributed by atoms with Crippen molar-refractivity contribution in [1.29, 1.82) is 0 Å². The van der Waals surface area contributed by atoms with Crippen LogP contribution in [0.4, 0.5) is 0 Å². The van der Waals surface area contributed by atoms with Gasteiger partial charge in [0.15, 0.2) is 0 Å². The van der Waals surface area contributed by atoms with Gasteiger partial charge in [-0.2, -0.15) is 0 Å². The van der Waals surface area contributed by atoms with Gasteiger partial charge < -0.3 is 5.11 Å². The monoisotopic (exact) mass is 294 g/mol. The van der Waals surface area contributed by atoms with E-state index in [1.807, 2.05) is 18.0 Å². The van der Waals surface area contributed by atoms with Crippen molar-refractivity contribution < 1.29 is 5.11 Å². The molecule has 0 heterocycles. The second kappa shape index (κ2) is 4.49. The summed E-state index contributed by atoms with van der Waals surface area (Å²) in [5.41, 5.74) is 3.51. The molecule has 2 heteroatoms. The molecule has 1 nitrogen and oxygen atoms in total. The van der Waals surface area contributed by atoms with Gasteiger partial charge in [0.25, 0.3) is 0 Å². The van der Waals surface area contributed by atoms with E-state index in [-0.39, 0.29) is 5.41 Å². The minimum Gasteiger partial charge on any atom is -0.508 e. The Bertz CT molecular complexity index is 464. The fourth-order valence-electron chi connectivity index (χ4n) is 2.98. The van der Waals surface area contributed by atoms with Gasteiger partial charge >= 0.3 is 0 Å². The smallest absolute Gasteiger partial charge is 0.119 e. The number of aryl methyl sites for hydroxylation is 1. The third-order valence-corrected chi connectivity index (χ3v) is 4.60. The molecule has 0 spiro atoms. The Balaban J connectivity index is 2.52. The largest absolute Gasteiger partial charge is 0.508 e. The molecule has 1 aromatic carbocycles. The molecule has 1 aliphatic carbocycles. The van der Waals surface area contributed by atoms with Crippen LogP contribution in [0.5, 0.6) is 5.75 Å². The van der Waals surface area contributed by atoms with Crippen LogP contribution in [0.1, 0.15) is 37.8 Å². The lowest BCUT2D eigenvalue weighted by Gasteiger charge is -2.28. The van der Waals surface area contributed by atoms with Crippen LogP contribution >= 0.6 is 15.9 Å². The van der Waals surface area contributed by atoms with Crippen molar-refractivity contribution in [2.24, 2.45) is 5.92 Å². The predicted molar refractivity (Wildman–Crippen MR) is 75.6 cm³/mol. The molecule has 1 aliphatic rings. The van der Waals surface area contributed by atoms with Crippen LogP contribution in [0, 0.1) is 12.8 Å². The summed E-state index contributed by atoms with van der Waals surface area (Å²) in [5, 5.41) is 10.2. The zero-order valence-electron chi connectivity index (χ0n) is 10.6. The molecule has 0 aromatic heterocycles. The summed E-state index contributed by atoms with van der Waals surface area (Å²) < 4.78 is 0. The Morgan fingerprint density at radius 2 is 2.18 bits per heavy atom. The predicted octanol–water partition coefficient (Wildman–Crippen LogP) is 4.67. The lowest BCUT2D eigenvalue weighted by Crippen LogP contribution is -2.20. The number of hydrogen-bond acceptors (Lipinski definition) is 1.